The number of quaternary nitrogens is 1. The van der Waals surface area contributed by atoms with Crippen molar-refractivity contribution in [3.8, 4) is 0 Å². The zero-order valence-corrected chi connectivity index (χ0v) is 34.4. The van der Waals surface area contributed by atoms with Crippen molar-refractivity contribution in [1.82, 2.24) is 0 Å². The number of nitrogens with zero attached hydrogens (tertiary/aromatic N) is 1. The first-order valence-corrected chi connectivity index (χ1v) is 21.3. The van der Waals surface area contributed by atoms with Crippen LogP contribution in [0.15, 0.2) is 85.1 Å². The zero-order chi connectivity index (χ0) is 38.4. The van der Waals surface area contributed by atoms with Gasteiger partial charge in [0.15, 0.2) is 0 Å². The smallest absolute Gasteiger partial charge is 0.306 e. The lowest BCUT2D eigenvalue weighted by atomic mass is 10.1. The van der Waals surface area contributed by atoms with E-state index < -0.39 is 19.9 Å². The lowest BCUT2D eigenvalue weighted by Crippen LogP contribution is -2.37. The Balaban J connectivity index is 4.44. The summed E-state index contributed by atoms with van der Waals surface area (Å²) in [5.74, 6) is -0.423. The molecule has 0 rings (SSSR count). The Bertz CT molecular complexity index is 1100. The van der Waals surface area contributed by atoms with Gasteiger partial charge < -0.3 is 27.9 Å². The van der Waals surface area contributed by atoms with Crippen molar-refractivity contribution in [2.45, 2.75) is 129 Å². The van der Waals surface area contributed by atoms with Gasteiger partial charge >= 0.3 is 5.97 Å². The molecule has 52 heavy (non-hydrogen) atoms. The molecule has 298 valence electrons. The third-order valence-electron chi connectivity index (χ3n) is 7.68. The fraction of sp³-hybridized carbons (Fsp3) is 0.651. The maximum Gasteiger partial charge on any atom is 0.306 e. The van der Waals surface area contributed by atoms with Gasteiger partial charge in [-0.1, -0.05) is 131 Å². The minimum absolute atomic E-state index is 0.00669. The average molecular weight is 748 g/mol. The van der Waals surface area contributed by atoms with E-state index in [1.807, 2.05) is 33.3 Å². The number of phosphoric acid groups is 1. The summed E-state index contributed by atoms with van der Waals surface area (Å²) in [5, 5.41) is 0. The highest BCUT2D eigenvalue weighted by Gasteiger charge is 2.20. The summed E-state index contributed by atoms with van der Waals surface area (Å²) in [6, 6.07) is 0. The SMILES string of the molecule is CC/C=C\C/C=C\C/C=C\C/C=C\C/C=C\C/C=C\CCC(=O)OC(COCCCCCCCC/C=C\CCC)COP(=O)([O-])OCC[N+](C)(C)C. The molecule has 0 aliphatic carbocycles. The first-order valence-electron chi connectivity index (χ1n) is 19.8. The molecule has 8 nitrogen and oxygen atoms in total. The van der Waals surface area contributed by atoms with Crippen molar-refractivity contribution in [2.24, 2.45) is 0 Å². The normalized spacial score (nSPS) is 14.8. The average Bonchev–Trinajstić information content (AvgIpc) is 3.09. The van der Waals surface area contributed by atoms with Crippen molar-refractivity contribution in [1.29, 1.82) is 0 Å². The zero-order valence-electron chi connectivity index (χ0n) is 33.5. The minimum Gasteiger partial charge on any atom is -0.756 e. The predicted octanol–water partition coefficient (Wildman–Crippen LogP) is 10.7. The Labute approximate surface area is 318 Å². The van der Waals surface area contributed by atoms with E-state index in [9.17, 15) is 14.3 Å². The Morgan fingerprint density at radius 3 is 1.67 bits per heavy atom. The van der Waals surface area contributed by atoms with Crippen LogP contribution in [0.2, 0.25) is 0 Å². The highest BCUT2D eigenvalue weighted by molar-refractivity contribution is 7.45. The molecule has 0 saturated heterocycles. The fourth-order valence-corrected chi connectivity index (χ4v) is 5.36. The van der Waals surface area contributed by atoms with Crippen LogP contribution in [0.3, 0.4) is 0 Å². The number of esters is 1. The van der Waals surface area contributed by atoms with E-state index in [0.717, 1.165) is 70.6 Å². The number of likely N-dealkylation sites (N-methyl/N-ethyl adjacent to an activating group) is 1. The maximum atomic E-state index is 12.6. The van der Waals surface area contributed by atoms with Crippen LogP contribution in [-0.4, -0.2) is 70.7 Å². The first kappa shape index (κ1) is 49.7. The predicted molar refractivity (Wildman–Crippen MR) is 217 cm³/mol. The topological polar surface area (TPSA) is 94.1 Å². The second kappa shape index (κ2) is 35.7. The monoisotopic (exact) mass is 748 g/mol. The summed E-state index contributed by atoms with van der Waals surface area (Å²) in [7, 11) is 1.29. The van der Waals surface area contributed by atoms with Gasteiger partial charge in [-0.25, -0.2) is 0 Å². The number of ether oxygens (including phenoxy) is 2. The van der Waals surface area contributed by atoms with E-state index in [-0.39, 0.29) is 26.2 Å². The molecule has 0 amide bonds. The summed E-state index contributed by atoms with van der Waals surface area (Å²) in [6.45, 7) is 5.08. The number of unbranched alkanes of at least 4 members (excludes halogenated alkanes) is 7. The third kappa shape index (κ3) is 38.9. The van der Waals surface area contributed by atoms with E-state index in [4.69, 9.17) is 18.5 Å². The summed E-state index contributed by atoms with van der Waals surface area (Å²) >= 11 is 0. The molecule has 0 aliphatic rings. The van der Waals surface area contributed by atoms with E-state index in [2.05, 4.69) is 86.8 Å². The molecular formula is C43H74NO7P. The fourth-order valence-electron chi connectivity index (χ4n) is 4.63. The van der Waals surface area contributed by atoms with Gasteiger partial charge in [-0.3, -0.25) is 9.36 Å². The van der Waals surface area contributed by atoms with Crippen LogP contribution in [0.1, 0.15) is 123 Å². The summed E-state index contributed by atoms with van der Waals surface area (Å²) in [4.78, 5) is 24.9. The van der Waals surface area contributed by atoms with Crippen LogP contribution in [0.5, 0.6) is 0 Å². The van der Waals surface area contributed by atoms with Gasteiger partial charge in [0, 0.05) is 13.0 Å². The molecule has 0 aromatic heterocycles. The number of carbonyl (C=O) groups excluding carboxylic acids is 1. The Kier molecular flexibility index (Phi) is 34.1. The van der Waals surface area contributed by atoms with Crippen molar-refractivity contribution < 1.29 is 37.3 Å². The number of rotatable bonds is 35. The van der Waals surface area contributed by atoms with E-state index in [1.54, 1.807) is 0 Å². The minimum atomic E-state index is -4.54. The van der Waals surface area contributed by atoms with Crippen molar-refractivity contribution in [3.63, 3.8) is 0 Å². The van der Waals surface area contributed by atoms with Crippen molar-refractivity contribution >= 4 is 13.8 Å². The molecular weight excluding hydrogens is 673 g/mol. The van der Waals surface area contributed by atoms with Crippen LogP contribution in [0.4, 0.5) is 0 Å². The lowest BCUT2D eigenvalue weighted by Gasteiger charge is -2.28. The number of hydrogen-bond donors (Lipinski definition) is 0. The highest BCUT2D eigenvalue weighted by Crippen LogP contribution is 2.38. The second-order valence-corrected chi connectivity index (χ2v) is 15.3. The molecule has 0 aromatic rings. The molecule has 0 aromatic carbocycles. The largest absolute Gasteiger partial charge is 0.756 e. The van der Waals surface area contributed by atoms with Gasteiger partial charge in [0.05, 0.1) is 34.4 Å². The number of carbonyl (C=O) groups is 1. The van der Waals surface area contributed by atoms with Crippen LogP contribution >= 0.6 is 7.82 Å². The molecule has 2 atom stereocenters. The molecule has 0 spiro atoms. The van der Waals surface area contributed by atoms with E-state index in [1.165, 1.54) is 25.7 Å². The van der Waals surface area contributed by atoms with Gasteiger partial charge in [-0.15, -0.1) is 0 Å². The molecule has 0 radical (unpaired) electrons. The molecule has 0 aliphatic heterocycles. The molecule has 0 N–H and O–H groups in total. The van der Waals surface area contributed by atoms with Crippen LogP contribution < -0.4 is 4.89 Å². The molecule has 0 heterocycles. The van der Waals surface area contributed by atoms with Gasteiger partial charge in [-0.05, 0) is 70.6 Å². The van der Waals surface area contributed by atoms with Crippen LogP contribution in [-0.2, 0) is 27.9 Å². The van der Waals surface area contributed by atoms with E-state index >= 15 is 0 Å². The Morgan fingerprint density at radius 2 is 1.12 bits per heavy atom. The molecule has 0 saturated carbocycles. The standard InChI is InChI=1S/C43H74NO7P/c1-6-8-10-12-14-16-18-19-20-21-22-23-24-25-26-28-30-32-34-36-43(45)51-42(41-50-52(46,47)49-39-37-44(3,4)5)40-48-38-35-33-31-29-27-17-15-13-11-9-7-2/h8,10-11,13-14,16,19-20,22-23,25-26,30,32,42H,6-7,9,12,15,17-18,21,24,27-29,31,33-41H2,1-5H3/b10-8-,13-11-,16-14-,20-19-,23-22-,26-25-,32-30-. The summed E-state index contributed by atoms with van der Waals surface area (Å²) < 4.78 is 34.3. The van der Waals surface area contributed by atoms with Gasteiger partial charge in [-0.2, -0.15) is 0 Å². The van der Waals surface area contributed by atoms with Crippen molar-refractivity contribution in [2.75, 3.05) is 54.1 Å². The summed E-state index contributed by atoms with van der Waals surface area (Å²) in [6.07, 6.45) is 46.1. The van der Waals surface area contributed by atoms with Gasteiger partial charge in [0.2, 0.25) is 0 Å². The van der Waals surface area contributed by atoms with Crippen LogP contribution in [0.25, 0.3) is 0 Å². The molecule has 2 unspecified atom stereocenters. The van der Waals surface area contributed by atoms with Crippen molar-refractivity contribution in [3.05, 3.63) is 85.1 Å². The number of allylic oxidation sites excluding steroid dienone is 14. The maximum absolute atomic E-state index is 12.6. The molecule has 9 heteroatoms. The van der Waals surface area contributed by atoms with Gasteiger partial charge in [0.1, 0.15) is 19.3 Å². The lowest BCUT2D eigenvalue weighted by molar-refractivity contribution is -0.870. The Morgan fingerprint density at radius 1 is 0.615 bits per heavy atom. The van der Waals surface area contributed by atoms with Gasteiger partial charge in [0.25, 0.3) is 7.82 Å². The Hall–Kier alpha value is -2.32. The highest BCUT2D eigenvalue weighted by atomic mass is 31.2. The second-order valence-electron chi connectivity index (χ2n) is 13.9. The molecule has 0 fully saturated rings. The third-order valence-corrected chi connectivity index (χ3v) is 8.64. The number of phosphoric ester groups is 1. The quantitative estimate of drug-likeness (QED) is 0.0209. The first-order chi connectivity index (χ1) is 25.1. The van der Waals surface area contributed by atoms with Crippen LogP contribution in [0, 0.1) is 0 Å². The number of hydrogen-bond acceptors (Lipinski definition) is 7. The summed E-state index contributed by atoms with van der Waals surface area (Å²) in [5.41, 5.74) is 0. The van der Waals surface area contributed by atoms with E-state index in [0.29, 0.717) is 24.1 Å². The molecule has 0 bridgehead atoms.